The summed E-state index contributed by atoms with van der Waals surface area (Å²) in [6.07, 6.45) is 6.71. The fraction of sp³-hybridized carbons (Fsp3) is 0.357. The van der Waals surface area contributed by atoms with E-state index in [1.165, 1.54) is 14.0 Å². The van der Waals surface area contributed by atoms with E-state index in [4.69, 9.17) is 29.2 Å². The van der Waals surface area contributed by atoms with Gasteiger partial charge in [0.05, 0.1) is 64.8 Å². The Morgan fingerprint density at radius 1 is 0.730 bits per heavy atom. The maximum absolute atomic E-state index is 11.2. The van der Waals surface area contributed by atoms with E-state index >= 15 is 0 Å². The first-order chi connectivity index (χ1) is 18.0. The van der Waals surface area contributed by atoms with Gasteiger partial charge in [-0.15, -0.1) is 0 Å². The number of hydrogen-bond donors (Lipinski definition) is 2. The molecule has 0 radical (unpaired) electrons. The topological polar surface area (TPSA) is 121 Å². The van der Waals surface area contributed by atoms with Gasteiger partial charge in [-0.1, -0.05) is 30.3 Å². The number of rotatable bonds is 16. The fourth-order valence-electron chi connectivity index (χ4n) is 2.65. The minimum absolute atomic E-state index is 0.0163. The molecule has 0 saturated carbocycles. The standard InChI is InChI=1S/C14H18O5.C14H18O4/c1-17-14(16)13-4-2-12(3-5-13)6-8-18-10-11-19-9-7-15;1-12(16)14-4-2-3-13(11-14)5-7-17-9-10-18-8-6-15/h2-6,8,15H,7,9-11H2,1H3;2-5,7,11,15H,6,8-10H2,1H3/b8-6+;7-5+. The van der Waals surface area contributed by atoms with Gasteiger partial charge in [0.2, 0.25) is 0 Å². The Hall–Kier alpha value is -3.50. The number of esters is 1. The van der Waals surface area contributed by atoms with Crippen LogP contribution in [0, 0.1) is 0 Å². The molecule has 0 fully saturated rings. The summed E-state index contributed by atoms with van der Waals surface area (Å²) in [6.45, 7) is 3.97. The van der Waals surface area contributed by atoms with E-state index in [0.29, 0.717) is 50.8 Å². The van der Waals surface area contributed by atoms with Crippen molar-refractivity contribution < 1.29 is 43.5 Å². The van der Waals surface area contributed by atoms with Gasteiger partial charge in [0.25, 0.3) is 0 Å². The average Bonchev–Trinajstić information content (AvgIpc) is 2.92. The van der Waals surface area contributed by atoms with Crippen molar-refractivity contribution in [3.8, 4) is 0 Å². The summed E-state index contributed by atoms with van der Waals surface area (Å²) in [5, 5.41) is 17.0. The highest BCUT2D eigenvalue weighted by Gasteiger charge is 2.03. The summed E-state index contributed by atoms with van der Waals surface area (Å²) in [6, 6.07) is 14.3. The highest BCUT2D eigenvalue weighted by atomic mass is 16.5. The zero-order valence-electron chi connectivity index (χ0n) is 21.3. The number of carbonyl (C=O) groups is 2. The maximum atomic E-state index is 11.2. The number of ether oxygens (including phenoxy) is 5. The molecule has 2 aromatic rings. The largest absolute Gasteiger partial charge is 0.499 e. The molecule has 0 spiro atoms. The highest BCUT2D eigenvalue weighted by molar-refractivity contribution is 5.94. The van der Waals surface area contributed by atoms with Crippen LogP contribution in [0.2, 0.25) is 0 Å². The second-order valence-corrected chi connectivity index (χ2v) is 7.31. The van der Waals surface area contributed by atoms with Crippen LogP contribution in [0.3, 0.4) is 0 Å². The van der Waals surface area contributed by atoms with Crippen molar-refractivity contribution in [3.63, 3.8) is 0 Å². The summed E-state index contributed by atoms with van der Waals surface area (Å²) in [4.78, 5) is 22.4. The van der Waals surface area contributed by atoms with E-state index in [9.17, 15) is 9.59 Å². The second kappa shape index (κ2) is 20.7. The molecule has 0 aliphatic heterocycles. The van der Waals surface area contributed by atoms with Crippen molar-refractivity contribution in [1.29, 1.82) is 0 Å². The summed E-state index contributed by atoms with van der Waals surface area (Å²) in [7, 11) is 1.35. The zero-order valence-corrected chi connectivity index (χ0v) is 21.3. The van der Waals surface area contributed by atoms with Crippen molar-refractivity contribution in [2.75, 3.05) is 60.0 Å². The normalized spacial score (nSPS) is 10.7. The molecule has 0 aliphatic carbocycles. The van der Waals surface area contributed by atoms with Gasteiger partial charge in [-0.2, -0.15) is 0 Å². The lowest BCUT2D eigenvalue weighted by atomic mass is 10.1. The molecule has 9 nitrogen and oxygen atoms in total. The van der Waals surface area contributed by atoms with Gasteiger partial charge in [-0.25, -0.2) is 4.79 Å². The zero-order chi connectivity index (χ0) is 27.1. The van der Waals surface area contributed by atoms with Crippen LogP contribution < -0.4 is 0 Å². The number of hydrogen-bond acceptors (Lipinski definition) is 9. The van der Waals surface area contributed by atoms with Crippen molar-refractivity contribution in [2.24, 2.45) is 0 Å². The van der Waals surface area contributed by atoms with Crippen LogP contribution in [-0.2, 0) is 23.7 Å². The van der Waals surface area contributed by atoms with Gasteiger partial charge in [-0.3, -0.25) is 4.79 Å². The predicted molar refractivity (Wildman–Crippen MR) is 140 cm³/mol. The van der Waals surface area contributed by atoms with Gasteiger partial charge in [0.1, 0.15) is 13.2 Å². The third-order valence-corrected chi connectivity index (χ3v) is 4.50. The molecular weight excluding hydrogens is 480 g/mol. The molecule has 0 unspecified atom stereocenters. The Balaban J connectivity index is 0.000000371. The second-order valence-electron chi connectivity index (χ2n) is 7.31. The third-order valence-electron chi connectivity index (χ3n) is 4.50. The molecule has 0 saturated heterocycles. The van der Waals surface area contributed by atoms with Crippen LogP contribution in [0.25, 0.3) is 12.2 Å². The Morgan fingerprint density at radius 2 is 1.30 bits per heavy atom. The maximum Gasteiger partial charge on any atom is 0.337 e. The van der Waals surface area contributed by atoms with Crippen LogP contribution in [0.1, 0.15) is 38.8 Å². The lowest BCUT2D eigenvalue weighted by Gasteiger charge is -2.02. The molecule has 0 bridgehead atoms. The smallest absolute Gasteiger partial charge is 0.337 e. The van der Waals surface area contributed by atoms with Gasteiger partial charge in [0.15, 0.2) is 5.78 Å². The van der Waals surface area contributed by atoms with Crippen LogP contribution in [0.15, 0.2) is 61.1 Å². The molecule has 0 amide bonds. The lowest BCUT2D eigenvalue weighted by Crippen LogP contribution is -2.04. The number of aliphatic hydroxyl groups is 2. The molecule has 202 valence electrons. The van der Waals surface area contributed by atoms with Crippen LogP contribution in [0.4, 0.5) is 0 Å². The predicted octanol–water partition coefficient (Wildman–Crippen LogP) is 3.35. The van der Waals surface area contributed by atoms with Gasteiger partial charge in [-0.05, 0) is 48.4 Å². The van der Waals surface area contributed by atoms with Crippen LogP contribution >= 0.6 is 0 Å². The fourth-order valence-corrected chi connectivity index (χ4v) is 2.65. The molecule has 0 aromatic heterocycles. The van der Waals surface area contributed by atoms with Gasteiger partial charge >= 0.3 is 5.97 Å². The SMILES string of the molecule is CC(=O)c1cccc(/C=C/OCCOCCO)c1.COC(=O)c1ccc(/C=C/OCCOCCO)cc1. The van der Waals surface area contributed by atoms with Crippen molar-refractivity contribution in [2.45, 2.75) is 6.92 Å². The first kappa shape index (κ1) is 31.5. The minimum atomic E-state index is -0.354. The molecule has 0 atom stereocenters. The molecule has 2 N–H and O–H groups in total. The lowest BCUT2D eigenvalue weighted by molar-refractivity contribution is 0.0600. The third kappa shape index (κ3) is 15.3. The molecule has 2 rings (SSSR count). The molecule has 9 heteroatoms. The van der Waals surface area contributed by atoms with Crippen LogP contribution in [-0.4, -0.2) is 81.9 Å². The molecule has 2 aromatic carbocycles. The van der Waals surface area contributed by atoms with E-state index in [2.05, 4.69) is 4.74 Å². The Labute approximate surface area is 217 Å². The Bertz CT molecular complexity index is 952. The van der Waals surface area contributed by atoms with Gasteiger partial charge < -0.3 is 33.9 Å². The van der Waals surface area contributed by atoms with Crippen molar-refractivity contribution >= 4 is 23.9 Å². The Kier molecular flexibility index (Phi) is 17.6. The summed E-state index contributed by atoms with van der Waals surface area (Å²) in [5.74, 6) is -0.309. The number of aliphatic hydroxyl groups excluding tert-OH is 2. The van der Waals surface area contributed by atoms with E-state index in [1.54, 1.807) is 55.0 Å². The number of ketones is 1. The van der Waals surface area contributed by atoms with E-state index in [1.807, 2.05) is 18.2 Å². The van der Waals surface area contributed by atoms with E-state index < -0.39 is 0 Å². The number of benzene rings is 2. The highest BCUT2D eigenvalue weighted by Crippen LogP contribution is 2.08. The van der Waals surface area contributed by atoms with Crippen molar-refractivity contribution in [1.82, 2.24) is 0 Å². The van der Waals surface area contributed by atoms with E-state index in [-0.39, 0.29) is 25.0 Å². The number of methoxy groups -OCH3 is 1. The monoisotopic (exact) mass is 516 g/mol. The summed E-state index contributed by atoms with van der Waals surface area (Å²) >= 11 is 0. The number of carbonyl (C=O) groups excluding carboxylic acids is 2. The molecular formula is C28H36O9. The van der Waals surface area contributed by atoms with Crippen molar-refractivity contribution in [3.05, 3.63) is 83.3 Å². The van der Waals surface area contributed by atoms with E-state index in [0.717, 1.165) is 11.1 Å². The summed E-state index contributed by atoms with van der Waals surface area (Å²) in [5.41, 5.74) is 3.03. The first-order valence-corrected chi connectivity index (χ1v) is 11.7. The quantitative estimate of drug-likeness (QED) is 0.150. The van der Waals surface area contributed by atoms with Crippen LogP contribution in [0.5, 0.6) is 0 Å². The minimum Gasteiger partial charge on any atom is -0.499 e. The summed E-state index contributed by atoms with van der Waals surface area (Å²) < 4.78 is 25.1. The Morgan fingerprint density at radius 3 is 1.81 bits per heavy atom. The first-order valence-electron chi connectivity index (χ1n) is 11.7. The average molecular weight is 517 g/mol. The van der Waals surface area contributed by atoms with Gasteiger partial charge in [0, 0.05) is 5.56 Å². The molecule has 37 heavy (non-hydrogen) atoms. The number of Topliss-reactive ketones (excluding diaryl/α,β-unsaturated/α-hetero) is 1. The molecule has 0 heterocycles. The molecule has 0 aliphatic rings.